The van der Waals surface area contributed by atoms with E-state index in [2.05, 4.69) is 11.9 Å². The molecule has 0 fully saturated rings. The normalized spacial score (nSPS) is 16.2. The molecule has 1 aromatic carbocycles. The van der Waals surface area contributed by atoms with Gasteiger partial charge < -0.3 is 19.5 Å². The highest BCUT2D eigenvalue weighted by Gasteiger charge is 2.36. The summed E-state index contributed by atoms with van der Waals surface area (Å²) in [6.45, 7) is 5.93. The van der Waals surface area contributed by atoms with E-state index in [1.807, 2.05) is 6.07 Å². The van der Waals surface area contributed by atoms with E-state index in [1.54, 1.807) is 37.3 Å². The van der Waals surface area contributed by atoms with E-state index in [1.165, 1.54) is 12.0 Å². The van der Waals surface area contributed by atoms with Crippen molar-refractivity contribution in [2.75, 3.05) is 33.5 Å². The lowest BCUT2D eigenvalue weighted by Crippen LogP contribution is -2.48. The maximum Gasteiger partial charge on any atom is 0.338 e. The number of nitrogens with one attached hydrogen (secondary N) is 1. The maximum absolute atomic E-state index is 12.7. The number of benzene rings is 1. The van der Waals surface area contributed by atoms with Crippen LogP contribution in [-0.4, -0.2) is 50.4 Å². The predicted molar refractivity (Wildman–Crippen MR) is 101 cm³/mol. The molecule has 0 aromatic heterocycles. The van der Waals surface area contributed by atoms with Gasteiger partial charge in [0.15, 0.2) is 6.61 Å². The Kier molecular flexibility index (Phi) is 7.60. The fourth-order valence-corrected chi connectivity index (χ4v) is 2.81. The first kappa shape index (κ1) is 21.0. The van der Waals surface area contributed by atoms with E-state index in [4.69, 9.17) is 19.5 Å². The summed E-state index contributed by atoms with van der Waals surface area (Å²) in [6, 6.07) is 7.71. The molecule has 1 heterocycles. The van der Waals surface area contributed by atoms with Crippen LogP contribution in [0, 0.1) is 11.3 Å². The smallest absolute Gasteiger partial charge is 0.338 e. The summed E-state index contributed by atoms with van der Waals surface area (Å²) in [5, 5.41) is 11.4. The van der Waals surface area contributed by atoms with Gasteiger partial charge in [0.1, 0.15) is 18.4 Å². The molecule has 0 bridgehead atoms. The Morgan fingerprint density at radius 3 is 2.68 bits per heavy atom. The average Bonchev–Trinajstić information content (AvgIpc) is 2.69. The first-order valence-electron chi connectivity index (χ1n) is 8.69. The molecule has 0 saturated carbocycles. The van der Waals surface area contributed by atoms with E-state index < -0.39 is 12.0 Å². The number of hydrogen-bond donors (Lipinski definition) is 1. The number of urea groups is 1. The van der Waals surface area contributed by atoms with Crippen LogP contribution >= 0.6 is 0 Å². The summed E-state index contributed by atoms with van der Waals surface area (Å²) < 4.78 is 15.5. The summed E-state index contributed by atoms with van der Waals surface area (Å²) in [5.74, 6) is -0.0101. The molecule has 8 heteroatoms. The number of allylic oxidation sites excluding steroid dienone is 1. The molecule has 1 aliphatic heterocycles. The molecule has 148 valence electrons. The molecule has 0 spiro atoms. The van der Waals surface area contributed by atoms with E-state index in [9.17, 15) is 9.59 Å². The molecule has 0 radical (unpaired) electrons. The number of esters is 1. The average molecular weight is 385 g/mol. The molecule has 1 aliphatic rings. The standard InChI is InChI=1S/C20H23N3O5/c1-4-10-23-14(2)17(19(24)28-13-12-26-3)18(22-20(23)25)15-5-7-16(8-6-15)27-11-9-21/h4-8,18H,1,10-13H2,2-3H3,(H,22,25)/t18-/m0/s1. The lowest BCUT2D eigenvalue weighted by Gasteiger charge is -2.35. The first-order valence-corrected chi connectivity index (χ1v) is 8.69. The van der Waals surface area contributed by atoms with Crippen molar-refractivity contribution in [2.45, 2.75) is 13.0 Å². The second-order valence-electron chi connectivity index (χ2n) is 5.93. The number of methoxy groups -OCH3 is 1. The lowest BCUT2D eigenvalue weighted by molar-refractivity contribution is -0.140. The first-order chi connectivity index (χ1) is 13.5. The van der Waals surface area contributed by atoms with Gasteiger partial charge in [0.25, 0.3) is 0 Å². The van der Waals surface area contributed by atoms with E-state index in [-0.39, 0.29) is 32.4 Å². The topological polar surface area (TPSA) is 101 Å². The monoisotopic (exact) mass is 385 g/mol. The van der Waals surface area contributed by atoms with Crippen molar-refractivity contribution < 1.29 is 23.8 Å². The minimum Gasteiger partial charge on any atom is -0.479 e. The SMILES string of the molecule is C=CCN1C(=O)N[C@@H](c2ccc(OCC#N)cc2)C(C(=O)OCCOC)=C1C. The minimum atomic E-state index is -0.673. The molecule has 1 aromatic rings. The Hall–Kier alpha value is -3.31. The second-order valence-corrected chi connectivity index (χ2v) is 5.93. The maximum atomic E-state index is 12.7. The van der Waals surface area contributed by atoms with Gasteiger partial charge in [-0.15, -0.1) is 6.58 Å². The van der Waals surface area contributed by atoms with Crippen molar-refractivity contribution in [3.05, 3.63) is 53.8 Å². The van der Waals surface area contributed by atoms with Crippen LogP contribution in [0.4, 0.5) is 4.79 Å². The number of rotatable bonds is 9. The lowest BCUT2D eigenvalue weighted by atomic mass is 9.95. The fraction of sp³-hybridized carbons (Fsp3) is 0.350. The minimum absolute atomic E-state index is 0.0634. The van der Waals surface area contributed by atoms with Gasteiger partial charge in [-0.05, 0) is 24.6 Å². The van der Waals surface area contributed by atoms with Gasteiger partial charge in [0.2, 0.25) is 0 Å². The van der Waals surface area contributed by atoms with Crippen LogP contribution < -0.4 is 10.1 Å². The van der Waals surface area contributed by atoms with Crippen LogP contribution in [0.15, 0.2) is 48.2 Å². The third-order valence-corrected chi connectivity index (χ3v) is 4.17. The molecule has 8 nitrogen and oxygen atoms in total. The van der Waals surface area contributed by atoms with Gasteiger partial charge in [-0.3, -0.25) is 4.90 Å². The van der Waals surface area contributed by atoms with Crippen LogP contribution in [0.3, 0.4) is 0 Å². The van der Waals surface area contributed by atoms with Crippen molar-refractivity contribution in [2.24, 2.45) is 0 Å². The number of ether oxygens (including phenoxy) is 3. The number of hydrogen-bond acceptors (Lipinski definition) is 6. The highest BCUT2D eigenvalue weighted by Crippen LogP contribution is 2.32. The second kappa shape index (κ2) is 10.1. The van der Waals surface area contributed by atoms with Crippen molar-refractivity contribution in [3.63, 3.8) is 0 Å². The zero-order chi connectivity index (χ0) is 20.5. The molecular formula is C20H23N3O5. The van der Waals surface area contributed by atoms with Crippen LogP contribution in [0.25, 0.3) is 0 Å². The van der Waals surface area contributed by atoms with Gasteiger partial charge in [0, 0.05) is 19.4 Å². The number of carbonyl (C=O) groups is 2. The fourth-order valence-electron chi connectivity index (χ4n) is 2.81. The van der Waals surface area contributed by atoms with Gasteiger partial charge in [-0.2, -0.15) is 5.26 Å². The molecule has 0 saturated heterocycles. The highest BCUT2D eigenvalue weighted by atomic mass is 16.6. The van der Waals surface area contributed by atoms with Gasteiger partial charge >= 0.3 is 12.0 Å². The largest absolute Gasteiger partial charge is 0.479 e. The summed E-state index contributed by atoms with van der Waals surface area (Å²) in [7, 11) is 1.52. The molecule has 0 unspecified atom stereocenters. The highest BCUT2D eigenvalue weighted by molar-refractivity contribution is 5.95. The van der Waals surface area contributed by atoms with Gasteiger partial charge in [-0.25, -0.2) is 9.59 Å². The molecule has 2 rings (SSSR count). The summed E-state index contributed by atoms with van der Waals surface area (Å²) in [4.78, 5) is 26.7. The summed E-state index contributed by atoms with van der Waals surface area (Å²) in [5.41, 5.74) is 1.53. The Balaban J connectivity index is 2.36. The molecule has 0 aliphatic carbocycles. The summed E-state index contributed by atoms with van der Waals surface area (Å²) >= 11 is 0. The predicted octanol–water partition coefficient (Wildman–Crippen LogP) is 2.30. The quantitative estimate of drug-likeness (QED) is 0.398. The van der Waals surface area contributed by atoms with Crippen molar-refractivity contribution in [1.29, 1.82) is 5.26 Å². The Morgan fingerprint density at radius 1 is 1.36 bits per heavy atom. The number of nitriles is 1. The number of nitrogens with zero attached hydrogens (tertiary/aromatic N) is 2. The van der Waals surface area contributed by atoms with Gasteiger partial charge in [0.05, 0.1) is 18.2 Å². The molecule has 2 amide bonds. The van der Waals surface area contributed by atoms with E-state index in [0.29, 0.717) is 22.6 Å². The summed E-state index contributed by atoms with van der Waals surface area (Å²) in [6.07, 6.45) is 1.58. The van der Waals surface area contributed by atoms with E-state index >= 15 is 0 Å². The zero-order valence-electron chi connectivity index (χ0n) is 15.9. The zero-order valence-corrected chi connectivity index (χ0v) is 15.9. The third kappa shape index (κ3) is 4.90. The third-order valence-electron chi connectivity index (χ3n) is 4.17. The number of amides is 2. The van der Waals surface area contributed by atoms with Crippen molar-refractivity contribution >= 4 is 12.0 Å². The number of carbonyl (C=O) groups excluding carboxylic acids is 2. The van der Waals surface area contributed by atoms with Crippen molar-refractivity contribution in [1.82, 2.24) is 10.2 Å². The molecular weight excluding hydrogens is 362 g/mol. The molecule has 1 atom stereocenters. The van der Waals surface area contributed by atoms with Crippen LogP contribution in [0.2, 0.25) is 0 Å². The van der Waals surface area contributed by atoms with Crippen molar-refractivity contribution in [3.8, 4) is 11.8 Å². The Labute approximate surface area is 164 Å². The Morgan fingerprint density at radius 2 is 2.07 bits per heavy atom. The van der Waals surface area contributed by atoms with E-state index in [0.717, 1.165) is 0 Å². The molecule has 28 heavy (non-hydrogen) atoms. The van der Waals surface area contributed by atoms with Crippen LogP contribution in [-0.2, 0) is 14.3 Å². The molecule has 1 N–H and O–H groups in total. The van der Waals surface area contributed by atoms with Crippen LogP contribution in [0.1, 0.15) is 18.5 Å². The Bertz CT molecular complexity index is 795. The van der Waals surface area contributed by atoms with Crippen LogP contribution in [0.5, 0.6) is 5.75 Å². The van der Waals surface area contributed by atoms with Gasteiger partial charge in [-0.1, -0.05) is 18.2 Å².